The zero-order chi connectivity index (χ0) is 13.2. The van der Waals surface area contributed by atoms with Gasteiger partial charge in [0.2, 0.25) is 5.91 Å². The molecule has 1 heterocycles. The Morgan fingerprint density at radius 2 is 2.06 bits per heavy atom. The van der Waals surface area contributed by atoms with E-state index in [0.717, 1.165) is 39.0 Å². The van der Waals surface area contributed by atoms with Crippen molar-refractivity contribution in [3.05, 3.63) is 0 Å². The Hall–Kier alpha value is -0.570. The number of hydrogen-bond acceptors (Lipinski definition) is 2. The van der Waals surface area contributed by atoms with Crippen molar-refractivity contribution in [1.82, 2.24) is 10.2 Å². The predicted octanol–water partition coefficient (Wildman–Crippen LogP) is 2.27. The molecule has 3 nitrogen and oxygen atoms in total. The van der Waals surface area contributed by atoms with Gasteiger partial charge < -0.3 is 10.2 Å². The quantitative estimate of drug-likeness (QED) is 0.814. The highest BCUT2D eigenvalue weighted by Gasteiger charge is 2.58. The molecule has 2 aliphatic rings. The monoisotopic (exact) mass is 252 g/mol. The Kier molecular flexibility index (Phi) is 4.31. The van der Waals surface area contributed by atoms with Gasteiger partial charge in [0.05, 0.1) is 0 Å². The van der Waals surface area contributed by atoms with E-state index in [9.17, 15) is 4.79 Å². The van der Waals surface area contributed by atoms with Crippen LogP contribution in [0.3, 0.4) is 0 Å². The first kappa shape index (κ1) is 13.9. The molecule has 0 aromatic heterocycles. The third-order valence-electron chi connectivity index (χ3n) is 5.01. The topological polar surface area (TPSA) is 32.3 Å². The van der Waals surface area contributed by atoms with Crippen molar-refractivity contribution in [1.29, 1.82) is 0 Å². The Morgan fingerprint density at radius 3 is 2.61 bits per heavy atom. The van der Waals surface area contributed by atoms with E-state index in [2.05, 4.69) is 31.0 Å². The molecule has 2 rings (SSSR count). The van der Waals surface area contributed by atoms with Crippen molar-refractivity contribution in [2.75, 3.05) is 26.2 Å². The molecule has 104 valence electrons. The fourth-order valence-corrected chi connectivity index (χ4v) is 3.27. The first-order valence-electron chi connectivity index (χ1n) is 7.62. The summed E-state index contributed by atoms with van der Waals surface area (Å²) in [4.78, 5) is 14.7. The summed E-state index contributed by atoms with van der Waals surface area (Å²) in [5.74, 6) is 1.39. The van der Waals surface area contributed by atoms with E-state index >= 15 is 0 Å². The van der Waals surface area contributed by atoms with E-state index in [-0.39, 0.29) is 0 Å². The summed E-state index contributed by atoms with van der Waals surface area (Å²) < 4.78 is 0. The summed E-state index contributed by atoms with van der Waals surface area (Å²) in [6.07, 6.45) is 4.70. The standard InChI is InChI=1S/C15H28N2O/c1-4-12(3)11-17(5-2)14(18)13-10-15(13)6-8-16-9-7-15/h12-13,16H,4-11H2,1-3H3. The van der Waals surface area contributed by atoms with E-state index in [4.69, 9.17) is 0 Å². The zero-order valence-electron chi connectivity index (χ0n) is 12.2. The van der Waals surface area contributed by atoms with E-state index in [1.54, 1.807) is 0 Å². The van der Waals surface area contributed by atoms with Crippen LogP contribution in [0.1, 0.15) is 46.5 Å². The minimum atomic E-state index is 0.337. The van der Waals surface area contributed by atoms with Gasteiger partial charge in [0.15, 0.2) is 0 Å². The first-order valence-corrected chi connectivity index (χ1v) is 7.62. The van der Waals surface area contributed by atoms with Crippen LogP contribution < -0.4 is 5.32 Å². The molecule has 0 aromatic carbocycles. The van der Waals surface area contributed by atoms with Crippen LogP contribution in [0, 0.1) is 17.3 Å². The van der Waals surface area contributed by atoms with Crippen LogP contribution >= 0.6 is 0 Å². The molecular weight excluding hydrogens is 224 g/mol. The van der Waals surface area contributed by atoms with Crippen LogP contribution in [-0.4, -0.2) is 37.0 Å². The SMILES string of the molecule is CCC(C)CN(CC)C(=O)C1CC12CCNCC2. The van der Waals surface area contributed by atoms with Gasteiger partial charge >= 0.3 is 0 Å². The number of nitrogens with one attached hydrogen (secondary N) is 1. The van der Waals surface area contributed by atoms with Crippen molar-refractivity contribution in [2.24, 2.45) is 17.3 Å². The summed E-state index contributed by atoms with van der Waals surface area (Å²) in [5.41, 5.74) is 0.380. The van der Waals surface area contributed by atoms with Crippen molar-refractivity contribution in [3.8, 4) is 0 Å². The molecular formula is C15H28N2O. The number of amides is 1. The maximum Gasteiger partial charge on any atom is 0.226 e. The fourth-order valence-electron chi connectivity index (χ4n) is 3.27. The highest BCUT2D eigenvalue weighted by molar-refractivity contribution is 5.82. The van der Waals surface area contributed by atoms with Gasteiger partial charge in [0, 0.05) is 19.0 Å². The molecule has 1 amide bonds. The lowest BCUT2D eigenvalue weighted by atomic mass is 9.91. The molecule has 1 saturated heterocycles. The Bertz CT molecular complexity index is 293. The normalized spacial score (nSPS) is 26.9. The summed E-state index contributed by atoms with van der Waals surface area (Å²) in [5, 5.41) is 3.40. The van der Waals surface area contributed by atoms with Crippen molar-refractivity contribution >= 4 is 5.91 Å². The van der Waals surface area contributed by atoms with E-state index < -0.39 is 0 Å². The molecule has 3 heteroatoms. The molecule has 18 heavy (non-hydrogen) atoms. The molecule has 1 aliphatic carbocycles. The third kappa shape index (κ3) is 2.71. The van der Waals surface area contributed by atoms with E-state index in [1.165, 1.54) is 12.8 Å². The van der Waals surface area contributed by atoms with Crippen LogP contribution in [0.5, 0.6) is 0 Å². The molecule has 0 bridgehead atoms. The van der Waals surface area contributed by atoms with Crippen molar-refractivity contribution < 1.29 is 4.79 Å². The van der Waals surface area contributed by atoms with Gasteiger partial charge in [-0.2, -0.15) is 0 Å². The highest BCUT2D eigenvalue weighted by Crippen LogP contribution is 2.59. The van der Waals surface area contributed by atoms with Gasteiger partial charge in [-0.05, 0) is 50.6 Å². The van der Waals surface area contributed by atoms with Crippen LogP contribution in [0.4, 0.5) is 0 Å². The summed E-state index contributed by atoms with van der Waals surface area (Å²) in [7, 11) is 0. The van der Waals surface area contributed by atoms with Crippen molar-refractivity contribution in [3.63, 3.8) is 0 Å². The van der Waals surface area contributed by atoms with Crippen LogP contribution in [0.15, 0.2) is 0 Å². The lowest BCUT2D eigenvalue weighted by Crippen LogP contribution is -2.38. The molecule has 1 aliphatic heterocycles. The minimum absolute atomic E-state index is 0.337. The Morgan fingerprint density at radius 1 is 1.39 bits per heavy atom. The van der Waals surface area contributed by atoms with Gasteiger partial charge in [-0.3, -0.25) is 4.79 Å². The van der Waals surface area contributed by atoms with E-state index in [1.807, 2.05) is 0 Å². The Balaban J connectivity index is 1.90. The molecule has 1 spiro atoms. The Labute approximate surface area is 111 Å². The number of carbonyl (C=O) groups excluding carboxylic acids is 1. The second-order valence-corrected chi connectivity index (χ2v) is 6.26. The molecule has 2 unspecified atom stereocenters. The summed E-state index contributed by atoms with van der Waals surface area (Å²) in [6, 6.07) is 0. The maximum absolute atomic E-state index is 12.6. The second-order valence-electron chi connectivity index (χ2n) is 6.26. The number of piperidine rings is 1. The van der Waals surface area contributed by atoms with Gasteiger partial charge in [-0.1, -0.05) is 20.3 Å². The summed E-state index contributed by atoms with van der Waals surface area (Å²) >= 11 is 0. The van der Waals surface area contributed by atoms with Gasteiger partial charge in [0.25, 0.3) is 0 Å². The number of nitrogens with zero attached hydrogens (tertiary/aromatic N) is 1. The first-order chi connectivity index (χ1) is 8.63. The molecule has 2 fully saturated rings. The number of hydrogen-bond donors (Lipinski definition) is 1. The number of carbonyl (C=O) groups is 1. The van der Waals surface area contributed by atoms with Gasteiger partial charge in [-0.25, -0.2) is 0 Å². The molecule has 2 atom stereocenters. The second kappa shape index (κ2) is 5.60. The summed E-state index contributed by atoms with van der Waals surface area (Å²) in [6.45, 7) is 10.6. The van der Waals surface area contributed by atoms with Crippen LogP contribution in [0.2, 0.25) is 0 Å². The van der Waals surface area contributed by atoms with Gasteiger partial charge in [0.1, 0.15) is 0 Å². The lowest BCUT2D eigenvalue weighted by Gasteiger charge is -2.27. The van der Waals surface area contributed by atoms with Crippen LogP contribution in [0.25, 0.3) is 0 Å². The van der Waals surface area contributed by atoms with Crippen molar-refractivity contribution in [2.45, 2.75) is 46.5 Å². The average molecular weight is 252 g/mol. The van der Waals surface area contributed by atoms with E-state index in [0.29, 0.717) is 23.2 Å². The largest absolute Gasteiger partial charge is 0.342 e. The maximum atomic E-state index is 12.6. The third-order valence-corrected chi connectivity index (χ3v) is 5.01. The zero-order valence-corrected chi connectivity index (χ0v) is 12.2. The molecule has 1 saturated carbocycles. The molecule has 0 radical (unpaired) electrons. The highest BCUT2D eigenvalue weighted by atomic mass is 16.2. The average Bonchev–Trinajstić information content (AvgIpc) is 3.09. The molecule has 1 N–H and O–H groups in total. The minimum Gasteiger partial charge on any atom is -0.342 e. The predicted molar refractivity (Wildman–Crippen MR) is 74.4 cm³/mol. The lowest BCUT2D eigenvalue weighted by molar-refractivity contribution is -0.134. The smallest absolute Gasteiger partial charge is 0.226 e. The van der Waals surface area contributed by atoms with Gasteiger partial charge in [-0.15, -0.1) is 0 Å². The molecule has 0 aromatic rings. The fraction of sp³-hybridized carbons (Fsp3) is 0.933. The number of rotatable bonds is 5. The van der Waals surface area contributed by atoms with Crippen LogP contribution in [-0.2, 0) is 4.79 Å².